The van der Waals surface area contributed by atoms with Gasteiger partial charge < -0.3 is 4.90 Å². The van der Waals surface area contributed by atoms with E-state index in [9.17, 15) is 0 Å². The fourth-order valence-electron chi connectivity index (χ4n) is 26.4. The second-order valence-corrected chi connectivity index (χ2v) is 27.1. The van der Waals surface area contributed by atoms with Gasteiger partial charge in [-0.2, -0.15) is 0 Å². The van der Waals surface area contributed by atoms with Gasteiger partial charge in [0.1, 0.15) is 0 Å². The lowest BCUT2D eigenvalue weighted by Gasteiger charge is -2.51. The van der Waals surface area contributed by atoms with E-state index in [1.165, 1.54) is 0 Å². The standard InChI is InChI=1S/C74H13NO/c1-2-6-13-74-71-65-59-49-37-29-21-17-15-16-19-23(21)31(37)41-35-27(19)28-20(16)24-22-18(15)26-25(17)33-39(29)47-53-43(33)44-34(26)40-30(22)38-32(24)42-36(28)46-45(35)57(51(41)59)67(71)68-58(46)52(42)60-50(38)56-48(40)54(44)62-61(53)69(63(65)55(47)49)73(74,70(62)64(56)66(60)72(68)74)11-75(13)14(76)10-9-12-7-4-3-5-8-12/h1,3-5,7-10,13H,6,11H2/b10-9+. The molecule has 76 heavy (non-hydrogen) atoms. The zero-order valence-corrected chi connectivity index (χ0v) is 39.0. The topological polar surface area (TPSA) is 20.3 Å². The molecule has 5 aliphatic rings. The molecule has 1 heterocycles. The molecular weight excluding hydrogens is 919 g/mol. The summed E-state index contributed by atoms with van der Waals surface area (Å²) < 4.78 is 0. The minimum absolute atomic E-state index is 0.0975. The minimum atomic E-state index is -0.596. The van der Waals surface area contributed by atoms with Crippen molar-refractivity contribution in [1.29, 1.82) is 0 Å². The van der Waals surface area contributed by atoms with Gasteiger partial charge in [0.2, 0.25) is 5.91 Å². The van der Waals surface area contributed by atoms with Crippen LogP contribution in [0.15, 0.2) is 36.4 Å². The Kier molecular flexibility index (Phi) is 2.67. The number of nitrogens with zero attached hydrogens (tertiary/aromatic N) is 1. The van der Waals surface area contributed by atoms with Crippen molar-refractivity contribution in [3.05, 3.63) is 64.2 Å². The molecule has 2 nitrogen and oxygen atoms in total. The zero-order chi connectivity index (χ0) is 45.9. The van der Waals surface area contributed by atoms with Crippen LogP contribution in [0.4, 0.5) is 0 Å². The fraction of sp³-hybridized carbons (Fsp3) is 0.0676. The zero-order valence-electron chi connectivity index (χ0n) is 39.0. The van der Waals surface area contributed by atoms with Crippen LogP contribution in [-0.4, -0.2) is 23.4 Å². The number of likely N-dealkylation sites (tertiary alicyclic amines) is 1. The molecule has 29 aromatic rings. The average Bonchev–Trinajstić information content (AvgIpc) is 1.71. The average molecular weight is 932 g/mol. The maximum atomic E-state index is 16.1. The summed E-state index contributed by atoms with van der Waals surface area (Å²) >= 11 is 0. The molecule has 4 aliphatic carbocycles. The summed E-state index contributed by atoms with van der Waals surface area (Å²) in [4.78, 5) is 18.5. The van der Waals surface area contributed by atoms with Gasteiger partial charge in [0.25, 0.3) is 0 Å². The third-order valence-electron chi connectivity index (χ3n) is 26.7. The fourth-order valence-corrected chi connectivity index (χ4v) is 26.4. The van der Waals surface area contributed by atoms with Crippen molar-refractivity contribution in [2.24, 2.45) is 0 Å². The van der Waals surface area contributed by atoms with E-state index in [0.29, 0.717) is 13.0 Å². The van der Waals surface area contributed by atoms with Crippen LogP contribution in [0, 0.1) is 12.3 Å². The van der Waals surface area contributed by atoms with Crippen molar-refractivity contribution >= 4 is 303 Å². The maximum Gasteiger partial charge on any atom is 0.246 e. The van der Waals surface area contributed by atoms with Gasteiger partial charge in [-0.15, -0.1) is 12.3 Å². The van der Waals surface area contributed by atoms with Gasteiger partial charge in [-0.05, 0) is 325 Å². The second kappa shape index (κ2) is 6.90. The van der Waals surface area contributed by atoms with Gasteiger partial charge >= 0.3 is 0 Å². The first-order valence-corrected chi connectivity index (χ1v) is 28.0. The van der Waals surface area contributed by atoms with Gasteiger partial charge in [-0.1, -0.05) is 30.3 Å². The third-order valence-corrected chi connectivity index (χ3v) is 26.7. The number of benzene rings is 19. The van der Waals surface area contributed by atoms with Crippen LogP contribution >= 0.6 is 0 Å². The van der Waals surface area contributed by atoms with Crippen LogP contribution in [-0.2, 0) is 15.6 Å². The summed E-state index contributed by atoms with van der Waals surface area (Å²) in [5.74, 6) is 3.51. The molecule has 0 saturated carbocycles. The molecule has 0 aromatic heterocycles. The van der Waals surface area contributed by atoms with E-state index in [4.69, 9.17) is 6.42 Å². The second-order valence-electron chi connectivity index (χ2n) is 27.1. The molecule has 2 spiro atoms. The normalized spacial score (nSPS) is 22.7. The van der Waals surface area contributed by atoms with E-state index in [-0.39, 0.29) is 11.9 Å². The van der Waals surface area contributed by atoms with E-state index >= 15 is 4.79 Å². The van der Waals surface area contributed by atoms with E-state index in [2.05, 4.69) is 47.2 Å². The van der Waals surface area contributed by atoms with Crippen LogP contribution < -0.4 is 0 Å². The molecule has 34 rings (SSSR count). The molecule has 29 aromatic carbocycles. The SMILES string of the molecule is C#CCC1N(C(=O)/C=C/c2ccccc2)CC23c4c5c6c7c8c9c(c%10c%11c2c2c4c4c%12c5c5c6c6c8c8c%13c9c9c%10c%10c%11c%11c2c2c4c4c%12c%12c5c5c6c8c6c8c%13c9c9c%10c%10c%11c2c2c4c4c%12c5c6c5c8c9c%10c2c45)C713. The van der Waals surface area contributed by atoms with E-state index in [1.807, 2.05) is 6.08 Å². The highest BCUT2D eigenvalue weighted by atomic mass is 16.2. The maximum absolute atomic E-state index is 16.1. The Labute approximate surface area is 416 Å². The summed E-state index contributed by atoms with van der Waals surface area (Å²) in [6.45, 7) is 0.632. The van der Waals surface area contributed by atoms with E-state index < -0.39 is 10.8 Å². The molecule has 0 bridgehead atoms. The summed E-state index contributed by atoms with van der Waals surface area (Å²) in [6, 6.07) is 10.2. The lowest BCUT2D eigenvalue weighted by Crippen LogP contribution is -2.54. The van der Waals surface area contributed by atoms with Crippen molar-refractivity contribution in [3.63, 3.8) is 0 Å². The van der Waals surface area contributed by atoms with Crippen LogP contribution in [0.2, 0.25) is 0 Å². The van der Waals surface area contributed by atoms with Crippen molar-refractivity contribution in [2.45, 2.75) is 23.3 Å². The molecule has 320 valence electrons. The Balaban J connectivity index is 1.06. The largest absolute Gasteiger partial charge is 0.333 e. The Morgan fingerprint density at radius 2 is 0.618 bits per heavy atom. The molecule has 0 N–H and O–H groups in total. The van der Waals surface area contributed by atoms with Crippen LogP contribution in [0.1, 0.15) is 34.2 Å². The highest BCUT2D eigenvalue weighted by Gasteiger charge is 2.76. The number of hydrogen-bond acceptors (Lipinski definition) is 1. The minimum Gasteiger partial charge on any atom is -0.333 e. The van der Waals surface area contributed by atoms with Crippen LogP contribution in [0.3, 0.4) is 0 Å². The lowest BCUT2D eigenvalue weighted by molar-refractivity contribution is -0.127. The Bertz CT molecular complexity index is 7530. The van der Waals surface area contributed by atoms with Crippen LogP contribution in [0.5, 0.6) is 0 Å². The first-order chi connectivity index (χ1) is 37.8. The Morgan fingerprint density at radius 1 is 0.382 bits per heavy atom. The Morgan fingerprint density at radius 3 is 0.868 bits per heavy atom. The number of carbonyl (C=O) groups excluding carboxylic acids is 1. The van der Waals surface area contributed by atoms with Crippen LogP contribution in [0.25, 0.3) is 297 Å². The molecule has 0 radical (unpaired) electrons. The molecule has 1 unspecified atom stereocenters. The number of terminal acetylenes is 1. The first-order valence-electron chi connectivity index (χ1n) is 28.0. The summed E-state index contributed by atoms with van der Waals surface area (Å²) in [5, 5.41) is 85.8. The van der Waals surface area contributed by atoms with Gasteiger partial charge in [0.05, 0.1) is 16.9 Å². The smallest absolute Gasteiger partial charge is 0.246 e. The summed E-state index contributed by atoms with van der Waals surface area (Å²) in [6.07, 6.45) is 11.4. The molecule has 1 aliphatic heterocycles. The van der Waals surface area contributed by atoms with Gasteiger partial charge in [0.15, 0.2) is 0 Å². The van der Waals surface area contributed by atoms with Gasteiger partial charge in [-0.25, -0.2) is 0 Å². The first kappa shape index (κ1) is 29.4. The lowest BCUT2D eigenvalue weighted by atomic mass is 9.48. The van der Waals surface area contributed by atoms with Crippen molar-refractivity contribution in [1.82, 2.24) is 4.90 Å². The van der Waals surface area contributed by atoms with Gasteiger partial charge in [-0.3, -0.25) is 4.79 Å². The Hall–Kier alpha value is -9.55. The van der Waals surface area contributed by atoms with E-state index in [1.54, 1.807) is 313 Å². The highest BCUT2D eigenvalue weighted by molar-refractivity contribution is 6.82. The van der Waals surface area contributed by atoms with Crippen molar-refractivity contribution < 1.29 is 4.79 Å². The van der Waals surface area contributed by atoms with E-state index in [0.717, 1.165) is 5.56 Å². The number of hydrogen-bond donors (Lipinski definition) is 0. The molecule has 1 fully saturated rings. The molecule has 1 amide bonds. The number of carbonyl (C=O) groups is 1. The summed E-state index contributed by atoms with van der Waals surface area (Å²) in [5.41, 5.74) is 6.24. The predicted molar refractivity (Wildman–Crippen MR) is 318 cm³/mol. The third kappa shape index (κ3) is 1.63. The summed E-state index contributed by atoms with van der Waals surface area (Å²) in [7, 11) is 0. The number of amides is 1. The molecular formula is C74H13NO. The highest BCUT2D eigenvalue weighted by Crippen LogP contribution is 2.86. The molecule has 1 saturated heterocycles. The molecule has 2 heteroatoms. The predicted octanol–water partition coefficient (Wildman–Crippen LogP) is 18.2. The molecule has 1 atom stereocenters. The van der Waals surface area contributed by atoms with Gasteiger partial charge in [0, 0.05) is 19.0 Å². The van der Waals surface area contributed by atoms with Crippen molar-refractivity contribution in [2.75, 3.05) is 6.54 Å². The van der Waals surface area contributed by atoms with Crippen molar-refractivity contribution in [3.8, 4) is 12.3 Å². The monoisotopic (exact) mass is 931 g/mol. The number of rotatable bonds is 3. The quantitative estimate of drug-likeness (QED) is 0.0982.